The zero-order valence-electron chi connectivity index (χ0n) is 12.5. The molecular formula is C17H27NO. The number of hydrogen-bond acceptors (Lipinski definition) is 2. The summed E-state index contributed by atoms with van der Waals surface area (Å²) in [5.74, 6) is 1.02. The normalized spacial score (nSPS) is 19.3. The van der Waals surface area contributed by atoms with Gasteiger partial charge >= 0.3 is 0 Å². The first-order chi connectivity index (χ1) is 9.25. The summed E-state index contributed by atoms with van der Waals surface area (Å²) in [6, 6.07) is 8.97. The van der Waals surface area contributed by atoms with Gasteiger partial charge in [-0.3, -0.25) is 0 Å². The predicted octanol–water partition coefficient (Wildman–Crippen LogP) is 3.80. The van der Waals surface area contributed by atoms with Crippen molar-refractivity contribution in [2.75, 3.05) is 14.2 Å². The summed E-state index contributed by atoms with van der Waals surface area (Å²) in [7, 11) is 3.87. The molecule has 1 N–H and O–H groups in total. The lowest BCUT2D eigenvalue weighted by Crippen LogP contribution is -2.43. The van der Waals surface area contributed by atoms with Crippen LogP contribution in [-0.4, -0.2) is 20.2 Å². The van der Waals surface area contributed by atoms with Crippen LogP contribution in [0.2, 0.25) is 0 Å². The minimum atomic E-state index is 0.482. The van der Waals surface area contributed by atoms with Crippen molar-refractivity contribution in [3.63, 3.8) is 0 Å². The standard InChI is InChI=1S/C17H27NO/c1-4-17(11-7-8-12-17)16(18-2)13-14-9-5-6-10-15(14)19-3/h5-6,9-10,16,18H,4,7-8,11-13H2,1-3H3. The largest absolute Gasteiger partial charge is 0.496 e. The molecule has 0 spiro atoms. The lowest BCUT2D eigenvalue weighted by Gasteiger charge is -2.37. The molecule has 2 rings (SSSR count). The van der Waals surface area contributed by atoms with Crippen LogP contribution < -0.4 is 10.1 Å². The van der Waals surface area contributed by atoms with Crippen LogP contribution in [0.5, 0.6) is 5.75 Å². The highest BCUT2D eigenvalue weighted by Gasteiger charge is 2.39. The topological polar surface area (TPSA) is 21.3 Å². The summed E-state index contributed by atoms with van der Waals surface area (Å²) >= 11 is 0. The Bertz CT molecular complexity index is 396. The van der Waals surface area contributed by atoms with E-state index >= 15 is 0 Å². The van der Waals surface area contributed by atoms with Gasteiger partial charge in [0.15, 0.2) is 0 Å². The number of rotatable bonds is 6. The Balaban J connectivity index is 2.18. The molecule has 0 aliphatic heterocycles. The molecule has 0 radical (unpaired) electrons. The number of hydrogen-bond donors (Lipinski definition) is 1. The van der Waals surface area contributed by atoms with E-state index in [1.807, 2.05) is 6.07 Å². The van der Waals surface area contributed by atoms with E-state index in [1.54, 1.807) is 7.11 Å². The molecular weight excluding hydrogens is 234 g/mol. The molecule has 2 heteroatoms. The highest BCUT2D eigenvalue weighted by molar-refractivity contribution is 5.34. The van der Waals surface area contributed by atoms with E-state index < -0.39 is 0 Å². The molecule has 2 nitrogen and oxygen atoms in total. The average Bonchev–Trinajstić information content (AvgIpc) is 2.95. The summed E-state index contributed by atoms with van der Waals surface area (Å²) in [6.45, 7) is 2.35. The molecule has 0 aromatic heterocycles. The molecule has 0 saturated heterocycles. The number of methoxy groups -OCH3 is 1. The van der Waals surface area contributed by atoms with Crippen LogP contribution in [0.4, 0.5) is 0 Å². The lowest BCUT2D eigenvalue weighted by atomic mass is 9.74. The van der Waals surface area contributed by atoms with E-state index in [-0.39, 0.29) is 0 Å². The summed E-state index contributed by atoms with van der Waals surface area (Å²) in [4.78, 5) is 0. The lowest BCUT2D eigenvalue weighted by molar-refractivity contribution is 0.191. The van der Waals surface area contributed by atoms with Crippen LogP contribution in [-0.2, 0) is 6.42 Å². The zero-order chi connectivity index (χ0) is 13.7. The van der Waals surface area contributed by atoms with Gasteiger partial charge in [0.05, 0.1) is 7.11 Å². The molecule has 106 valence electrons. The number of ether oxygens (including phenoxy) is 1. The quantitative estimate of drug-likeness (QED) is 0.841. The minimum Gasteiger partial charge on any atom is -0.496 e. The molecule has 0 amide bonds. The van der Waals surface area contributed by atoms with Crippen molar-refractivity contribution in [3.8, 4) is 5.75 Å². The van der Waals surface area contributed by atoms with Gasteiger partial charge in [-0.25, -0.2) is 0 Å². The van der Waals surface area contributed by atoms with Gasteiger partial charge in [0.25, 0.3) is 0 Å². The van der Waals surface area contributed by atoms with Gasteiger partial charge < -0.3 is 10.1 Å². The van der Waals surface area contributed by atoms with Crippen molar-refractivity contribution in [1.82, 2.24) is 5.32 Å². The molecule has 1 aromatic rings. The predicted molar refractivity (Wildman–Crippen MR) is 80.7 cm³/mol. The van der Waals surface area contributed by atoms with Crippen LogP contribution in [0.1, 0.15) is 44.6 Å². The second-order valence-corrected chi connectivity index (χ2v) is 5.78. The van der Waals surface area contributed by atoms with Crippen molar-refractivity contribution in [3.05, 3.63) is 29.8 Å². The molecule has 1 unspecified atom stereocenters. The third-order valence-corrected chi connectivity index (χ3v) is 5.01. The Morgan fingerprint density at radius 1 is 1.26 bits per heavy atom. The van der Waals surface area contributed by atoms with Gasteiger partial charge in [0.1, 0.15) is 5.75 Å². The highest BCUT2D eigenvalue weighted by atomic mass is 16.5. The Hall–Kier alpha value is -1.02. The summed E-state index contributed by atoms with van der Waals surface area (Å²) in [6.07, 6.45) is 7.84. The monoisotopic (exact) mass is 261 g/mol. The smallest absolute Gasteiger partial charge is 0.122 e. The van der Waals surface area contributed by atoms with Gasteiger partial charge in [-0.1, -0.05) is 38.0 Å². The van der Waals surface area contributed by atoms with Crippen LogP contribution in [0.3, 0.4) is 0 Å². The van der Waals surface area contributed by atoms with Gasteiger partial charge in [0, 0.05) is 6.04 Å². The number of benzene rings is 1. The third-order valence-electron chi connectivity index (χ3n) is 5.01. The fourth-order valence-electron chi connectivity index (χ4n) is 3.74. The Morgan fingerprint density at radius 2 is 1.95 bits per heavy atom. The van der Waals surface area contributed by atoms with Gasteiger partial charge in [-0.2, -0.15) is 0 Å². The minimum absolute atomic E-state index is 0.482. The van der Waals surface area contributed by atoms with E-state index in [1.165, 1.54) is 37.7 Å². The fraction of sp³-hybridized carbons (Fsp3) is 0.647. The van der Waals surface area contributed by atoms with E-state index in [0.717, 1.165) is 12.2 Å². The van der Waals surface area contributed by atoms with Crippen LogP contribution in [0, 0.1) is 5.41 Å². The number of nitrogens with one attached hydrogen (secondary N) is 1. The third kappa shape index (κ3) is 2.94. The molecule has 1 atom stereocenters. The SMILES string of the molecule is CCC1(C(Cc2ccccc2OC)NC)CCCC1. The Kier molecular flexibility index (Phi) is 4.87. The molecule has 19 heavy (non-hydrogen) atoms. The molecule has 0 heterocycles. The van der Waals surface area contributed by atoms with Crippen molar-refractivity contribution in [2.45, 2.75) is 51.5 Å². The van der Waals surface area contributed by atoms with E-state index in [4.69, 9.17) is 4.74 Å². The van der Waals surface area contributed by atoms with Crippen molar-refractivity contribution >= 4 is 0 Å². The van der Waals surface area contributed by atoms with Gasteiger partial charge in [0.2, 0.25) is 0 Å². The molecule has 1 fully saturated rings. The maximum absolute atomic E-state index is 5.49. The zero-order valence-corrected chi connectivity index (χ0v) is 12.5. The summed E-state index contributed by atoms with van der Waals surface area (Å²) < 4.78 is 5.49. The van der Waals surface area contributed by atoms with E-state index in [0.29, 0.717) is 11.5 Å². The first-order valence-corrected chi connectivity index (χ1v) is 7.55. The second kappa shape index (κ2) is 6.42. The highest BCUT2D eigenvalue weighted by Crippen LogP contribution is 2.45. The fourth-order valence-corrected chi connectivity index (χ4v) is 3.74. The summed E-state index contributed by atoms with van der Waals surface area (Å²) in [5, 5.41) is 3.58. The molecule has 1 aliphatic carbocycles. The first-order valence-electron chi connectivity index (χ1n) is 7.55. The average molecular weight is 261 g/mol. The Labute approximate surface area is 117 Å². The number of likely N-dealkylation sites (N-methyl/N-ethyl adjacent to an activating group) is 1. The number of para-hydroxylation sites is 1. The van der Waals surface area contributed by atoms with Crippen molar-refractivity contribution in [2.24, 2.45) is 5.41 Å². The molecule has 1 aromatic carbocycles. The van der Waals surface area contributed by atoms with E-state index in [9.17, 15) is 0 Å². The van der Waals surface area contributed by atoms with Gasteiger partial charge in [-0.05, 0) is 49.8 Å². The maximum atomic E-state index is 5.49. The van der Waals surface area contributed by atoms with Crippen LogP contribution >= 0.6 is 0 Å². The maximum Gasteiger partial charge on any atom is 0.122 e. The summed E-state index contributed by atoms with van der Waals surface area (Å²) in [5.41, 5.74) is 1.80. The van der Waals surface area contributed by atoms with Crippen molar-refractivity contribution < 1.29 is 4.74 Å². The first kappa shape index (κ1) is 14.4. The molecule has 1 saturated carbocycles. The second-order valence-electron chi connectivity index (χ2n) is 5.78. The van der Waals surface area contributed by atoms with Crippen LogP contribution in [0.15, 0.2) is 24.3 Å². The Morgan fingerprint density at radius 3 is 2.53 bits per heavy atom. The van der Waals surface area contributed by atoms with Gasteiger partial charge in [-0.15, -0.1) is 0 Å². The molecule has 0 bridgehead atoms. The van der Waals surface area contributed by atoms with Crippen LogP contribution in [0.25, 0.3) is 0 Å². The van der Waals surface area contributed by atoms with E-state index in [2.05, 4.69) is 37.5 Å². The van der Waals surface area contributed by atoms with Crippen molar-refractivity contribution in [1.29, 1.82) is 0 Å². The molecule has 1 aliphatic rings.